The molecule has 3 N–H and O–H groups in total. The summed E-state index contributed by atoms with van der Waals surface area (Å²) in [6, 6.07) is 7.79. The van der Waals surface area contributed by atoms with Crippen molar-refractivity contribution in [1.82, 2.24) is 0 Å². The van der Waals surface area contributed by atoms with Gasteiger partial charge in [0, 0.05) is 16.6 Å². The van der Waals surface area contributed by atoms with Crippen molar-refractivity contribution in [3.05, 3.63) is 53.1 Å². The van der Waals surface area contributed by atoms with E-state index in [0.29, 0.717) is 15.6 Å². The van der Waals surface area contributed by atoms with Gasteiger partial charge in [-0.3, -0.25) is 4.79 Å². The lowest BCUT2D eigenvalue weighted by molar-refractivity contribution is -0.113. The van der Waals surface area contributed by atoms with Crippen LogP contribution in [0.4, 0.5) is 20.2 Å². The lowest BCUT2D eigenvalue weighted by atomic mass is 10.3. The van der Waals surface area contributed by atoms with Gasteiger partial charge in [-0.25, -0.2) is 8.78 Å². The number of carbonyl (C=O) groups excluding carboxylic acids is 1. The van der Waals surface area contributed by atoms with Gasteiger partial charge in [-0.2, -0.15) is 0 Å². The number of halogens is 3. The van der Waals surface area contributed by atoms with Gasteiger partial charge in [0.1, 0.15) is 11.6 Å². The van der Waals surface area contributed by atoms with Crippen LogP contribution in [0, 0.1) is 11.6 Å². The molecule has 7 heteroatoms. The van der Waals surface area contributed by atoms with Crippen LogP contribution in [0.5, 0.6) is 0 Å². The zero-order valence-corrected chi connectivity index (χ0v) is 12.3. The fraction of sp³-hybridized carbons (Fsp3) is 0.0714. The number of anilines is 2. The van der Waals surface area contributed by atoms with Crippen LogP contribution in [0.1, 0.15) is 0 Å². The minimum absolute atomic E-state index is 0.0135. The number of nitrogen functional groups attached to an aromatic ring is 1. The van der Waals surface area contributed by atoms with Crippen molar-refractivity contribution in [3.8, 4) is 0 Å². The zero-order valence-electron chi connectivity index (χ0n) is 10.7. The van der Waals surface area contributed by atoms with E-state index in [1.807, 2.05) is 0 Å². The Hall–Kier alpha value is -1.79. The fourth-order valence-electron chi connectivity index (χ4n) is 1.56. The number of hydrogen-bond acceptors (Lipinski definition) is 3. The van der Waals surface area contributed by atoms with Crippen LogP contribution < -0.4 is 11.1 Å². The van der Waals surface area contributed by atoms with Gasteiger partial charge in [-0.1, -0.05) is 11.6 Å². The molecule has 110 valence electrons. The smallest absolute Gasteiger partial charge is 0.234 e. The topological polar surface area (TPSA) is 55.1 Å². The molecule has 0 aromatic heterocycles. The maximum Gasteiger partial charge on any atom is 0.234 e. The summed E-state index contributed by atoms with van der Waals surface area (Å²) in [6.45, 7) is 0. The number of nitrogens with one attached hydrogen (secondary N) is 1. The molecule has 2 rings (SSSR count). The highest BCUT2D eigenvalue weighted by molar-refractivity contribution is 8.00. The van der Waals surface area contributed by atoms with Gasteiger partial charge in [0.25, 0.3) is 0 Å². The highest BCUT2D eigenvalue weighted by atomic mass is 35.5. The van der Waals surface area contributed by atoms with Crippen molar-refractivity contribution in [3.63, 3.8) is 0 Å². The fourth-order valence-corrected chi connectivity index (χ4v) is 2.63. The molecule has 1 amide bonds. The molecule has 0 aliphatic carbocycles. The Kier molecular flexibility index (Phi) is 5.03. The van der Waals surface area contributed by atoms with Crippen molar-refractivity contribution in [2.75, 3.05) is 16.8 Å². The molecule has 0 fully saturated rings. The maximum atomic E-state index is 13.4. The van der Waals surface area contributed by atoms with E-state index < -0.39 is 17.5 Å². The van der Waals surface area contributed by atoms with Crippen molar-refractivity contribution < 1.29 is 13.6 Å². The van der Waals surface area contributed by atoms with Crippen LogP contribution in [0.2, 0.25) is 5.02 Å². The van der Waals surface area contributed by atoms with Crippen LogP contribution in [0.3, 0.4) is 0 Å². The third-order valence-electron chi connectivity index (χ3n) is 2.52. The van der Waals surface area contributed by atoms with E-state index >= 15 is 0 Å². The maximum absolute atomic E-state index is 13.4. The first-order valence-electron chi connectivity index (χ1n) is 5.88. The molecule has 0 spiro atoms. The highest BCUT2D eigenvalue weighted by Crippen LogP contribution is 2.29. The Morgan fingerprint density at radius 2 is 2.00 bits per heavy atom. The normalized spacial score (nSPS) is 10.4. The van der Waals surface area contributed by atoms with E-state index in [4.69, 9.17) is 17.3 Å². The second-order valence-electron chi connectivity index (χ2n) is 4.15. The summed E-state index contributed by atoms with van der Waals surface area (Å²) in [7, 11) is 0. The van der Waals surface area contributed by atoms with E-state index in [2.05, 4.69) is 5.32 Å². The lowest BCUT2D eigenvalue weighted by Gasteiger charge is -2.07. The summed E-state index contributed by atoms with van der Waals surface area (Å²) in [4.78, 5) is 12.4. The minimum atomic E-state index is -0.694. The van der Waals surface area contributed by atoms with Crippen LogP contribution >= 0.6 is 23.4 Å². The first kappa shape index (κ1) is 15.6. The van der Waals surface area contributed by atoms with Gasteiger partial charge >= 0.3 is 0 Å². The number of nitrogens with two attached hydrogens (primary N) is 1. The molecule has 2 aromatic rings. The molecule has 3 nitrogen and oxygen atoms in total. The summed E-state index contributed by atoms with van der Waals surface area (Å²) >= 11 is 7.15. The van der Waals surface area contributed by atoms with Gasteiger partial charge in [0.15, 0.2) is 0 Å². The Labute approximate surface area is 129 Å². The van der Waals surface area contributed by atoms with Gasteiger partial charge in [0.2, 0.25) is 5.91 Å². The lowest BCUT2D eigenvalue weighted by Crippen LogP contribution is -2.15. The molecule has 0 bridgehead atoms. The van der Waals surface area contributed by atoms with Crippen molar-refractivity contribution in [2.45, 2.75) is 4.90 Å². The highest BCUT2D eigenvalue weighted by Gasteiger charge is 2.10. The van der Waals surface area contributed by atoms with Crippen molar-refractivity contribution >= 4 is 40.6 Å². The second-order valence-corrected chi connectivity index (χ2v) is 5.58. The Morgan fingerprint density at radius 3 is 2.71 bits per heavy atom. The molecule has 0 unspecified atom stereocenters. The largest absolute Gasteiger partial charge is 0.399 e. The van der Waals surface area contributed by atoms with E-state index in [0.717, 1.165) is 18.2 Å². The predicted octanol–water partition coefficient (Wildman–Crippen LogP) is 3.93. The third kappa shape index (κ3) is 4.34. The summed E-state index contributed by atoms with van der Waals surface area (Å²) in [5, 5.41) is 2.74. The van der Waals surface area contributed by atoms with E-state index in [-0.39, 0.29) is 11.4 Å². The Balaban J connectivity index is 1.97. The Morgan fingerprint density at radius 1 is 1.24 bits per heavy atom. The molecular formula is C14H11ClF2N2OS. The standard InChI is InChI=1S/C14H11ClF2N2OS/c15-10-6-9(18)2-4-13(10)21-7-14(20)19-12-5-8(16)1-3-11(12)17/h1-6H,7,18H2,(H,19,20). The molecule has 0 saturated heterocycles. The van der Waals surface area contributed by atoms with Crippen LogP contribution in [-0.2, 0) is 4.79 Å². The number of amides is 1. The van der Waals surface area contributed by atoms with Crippen molar-refractivity contribution in [2.24, 2.45) is 0 Å². The molecule has 0 aliphatic rings. The van der Waals surface area contributed by atoms with Gasteiger partial charge in [-0.15, -0.1) is 11.8 Å². The number of benzene rings is 2. The minimum Gasteiger partial charge on any atom is -0.399 e. The van der Waals surface area contributed by atoms with E-state index in [1.165, 1.54) is 11.8 Å². The van der Waals surface area contributed by atoms with Gasteiger partial charge in [-0.05, 0) is 30.3 Å². The molecule has 0 heterocycles. The number of thioether (sulfide) groups is 1. The summed E-state index contributed by atoms with van der Waals surface area (Å²) in [6.07, 6.45) is 0. The molecule has 0 atom stereocenters. The van der Waals surface area contributed by atoms with E-state index in [1.54, 1.807) is 18.2 Å². The molecular weight excluding hydrogens is 318 g/mol. The van der Waals surface area contributed by atoms with Gasteiger partial charge in [0.05, 0.1) is 16.5 Å². The first-order chi connectivity index (χ1) is 9.95. The molecule has 0 radical (unpaired) electrons. The van der Waals surface area contributed by atoms with Crippen LogP contribution in [0.15, 0.2) is 41.3 Å². The Bertz CT molecular complexity index is 682. The number of hydrogen-bond donors (Lipinski definition) is 2. The molecule has 0 aliphatic heterocycles. The van der Waals surface area contributed by atoms with Crippen molar-refractivity contribution in [1.29, 1.82) is 0 Å². The SMILES string of the molecule is Nc1ccc(SCC(=O)Nc2cc(F)ccc2F)c(Cl)c1. The summed E-state index contributed by atoms with van der Waals surface area (Å²) in [5.41, 5.74) is 5.90. The molecule has 0 saturated carbocycles. The number of rotatable bonds is 4. The monoisotopic (exact) mass is 328 g/mol. The van der Waals surface area contributed by atoms with E-state index in [9.17, 15) is 13.6 Å². The third-order valence-corrected chi connectivity index (χ3v) is 4.02. The van der Waals surface area contributed by atoms with Crippen LogP contribution in [-0.4, -0.2) is 11.7 Å². The average molecular weight is 329 g/mol. The molecule has 2 aromatic carbocycles. The predicted molar refractivity (Wildman–Crippen MR) is 81.6 cm³/mol. The molecule has 21 heavy (non-hydrogen) atoms. The quantitative estimate of drug-likeness (QED) is 0.660. The zero-order chi connectivity index (χ0) is 15.4. The second kappa shape index (κ2) is 6.78. The average Bonchev–Trinajstić information content (AvgIpc) is 2.42. The van der Waals surface area contributed by atoms with Crippen LogP contribution in [0.25, 0.3) is 0 Å². The summed E-state index contributed by atoms with van der Waals surface area (Å²) in [5.74, 6) is -1.77. The summed E-state index contributed by atoms with van der Waals surface area (Å²) < 4.78 is 26.4. The first-order valence-corrected chi connectivity index (χ1v) is 7.25. The number of carbonyl (C=O) groups is 1. The van der Waals surface area contributed by atoms with Gasteiger partial charge < -0.3 is 11.1 Å².